The van der Waals surface area contributed by atoms with E-state index in [4.69, 9.17) is 16.6 Å². The van der Waals surface area contributed by atoms with E-state index < -0.39 is 17.5 Å². The van der Waals surface area contributed by atoms with E-state index in [0.29, 0.717) is 6.42 Å². The monoisotopic (exact) mass is 204 g/mol. The second-order valence-electron chi connectivity index (χ2n) is 2.89. The van der Waals surface area contributed by atoms with Crippen molar-refractivity contribution in [2.45, 2.75) is 25.3 Å². The van der Waals surface area contributed by atoms with Crippen LogP contribution in [-0.4, -0.2) is 35.7 Å². The topological polar surface area (TPSA) is 116 Å². The number of ether oxygens (including phenoxy) is 1. The van der Waals surface area contributed by atoms with Gasteiger partial charge in [0.25, 0.3) is 0 Å². The van der Waals surface area contributed by atoms with Gasteiger partial charge in [-0.3, -0.25) is 0 Å². The third-order valence-electron chi connectivity index (χ3n) is 1.80. The third kappa shape index (κ3) is 2.97. The number of carbonyl (C=O) groups is 2. The molecule has 0 aromatic heterocycles. The predicted molar refractivity (Wildman–Crippen MR) is 49.5 cm³/mol. The molecular formula is C8H16N2O4. The molecule has 0 aliphatic heterocycles. The molecule has 0 heterocycles. The van der Waals surface area contributed by atoms with Crippen LogP contribution in [0.15, 0.2) is 0 Å². The van der Waals surface area contributed by atoms with Gasteiger partial charge in [0.2, 0.25) is 5.54 Å². The van der Waals surface area contributed by atoms with Crippen LogP contribution >= 0.6 is 0 Å². The molecule has 0 aliphatic carbocycles. The molecule has 0 aliphatic rings. The summed E-state index contributed by atoms with van der Waals surface area (Å²) in [5.41, 5.74) is 8.67. The van der Waals surface area contributed by atoms with Gasteiger partial charge >= 0.3 is 11.9 Å². The molecule has 0 saturated carbocycles. The molecule has 6 heteroatoms. The zero-order valence-electron chi connectivity index (χ0n) is 8.16. The lowest BCUT2D eigenvalue weighted by molar-refractivity contribution is -0.161. The zero-order valence-corrected chi connectivity index (χ0v) is 8.16. The van der Waals surface area contributed by atoms with Crippen molar-refractivity contribution < 1.29 is 19.4 Å². The van der Waals surface area contributed by atoms with Gasteiger partial charge < -0.3 is 21.3 Å². The predicted octanol–water partition coefficient (Wildman–Crippen LogP) is -0.929. The summed E-state index contributed by atoms with van der Waals surface area (Å²) in [5, 5.41) is 8.79. The molecule has 5 N–H and O–H groups in total. The second kappa shape index (κ2) is 5.56. The first-order valence-corrected chi connectivity index (χ1v) is 4.38. The number of rotatable bonds is 6. The van der Waals surface area contributed by atoms with Crippen LogP contribution in [0.4, 0.5) is 0 Å². The van der Waals surface area contributed by atoms with Crippen LogP contribution < -0.4 is 11.5 Å². The Morgan fingerprint density at radius 2 is 2.07 bits per heavy atom. The van der Waals surface area contributed by atoms with E-state index in [-0.39, 0.29) is 19.6 Å². The largest absolute Gasteiger partial charge is 0.479 e. The first kappa shape index (κ1) is 12.9. The van der Waals surface area contributed by atoms with Crippen molar-refractivity contribution >= 4 is 11.9 Å². The molecule has 0 unspecified atom stereocenters. The summed E-state index contributed by atoms with van der Waals surface area (Å²) < 4.78 is 4.58. The molecule has 0 radical (unpaired) electrons. The Bertz CT molecular complexity index is 219. The number of carboxylic acid groups (broad SMARTS) is 1. The van der Waals surface area contributed by atoms with Crippen LogP contribution in [-0.2, 0) is 14.3 Å². The van der Waals surface area contributed by atoms with Crippen LogP contribution in [0.25, 0.3) is 0 Å². The lowest BCUT2D eigenvalue weighted by Crippen LogP contribution is -2.56. The molecule has 0 saturated heterocycles. The Kier molecular flexibility index (Phi) is 5.11. The maximum atomic E-state index is 11.2. The van der Waals surface area contributed by atoms with Gasteiger partial charge in [-0.1, -0.05) is 0 Å². The highest BCUT2D eigenvalue weighted by atomic mass is 16.5. The zero-order chi connectivity index (χ0) is 11.2. The smallest absolute Gasteiger partial charge is 0.337 e. The Hall–Kier alpha value is -1.14. The van der Waals surface area contributed by atoms with Crippen molar-refractivity contribution in [2.75, 3.05) is 13.2 Å². The van der Waals surface area contributed by atoms with Crippen LogP contribution in [0.5, 0.6) is 0 Å². The SMILES string of the molecule is CCOC(=O)[C@](N)(CCCN)C(=O)O. The normalized spacial score (nSPS) is 14.5. The molecule has 0 rings (SSSR count). The number of nitrogens with two attached hydrogens (primary N) is 2. The van der Waals surface area contributed by atoms with Crippen LogP contribution in [0.3, 0.4) is 0 Å². The van der Waals surface area contributed by atoms with E-state index in [1.165, 1.54) is 0 Å². The van der Waals surface area contributed by atoms with Crippen molar-refractivity contribution in [3.63, 3.8) is 0 Å². The highest BCUT2D eigenvalue weighted by molar-refractivity contribution is 6.03. The lowest BCUT2D eigenvalue weighted by Gasteiger charge is -2.21. The summed E-state index contributed by atoms with van der Waals surface area (Å²) in [4.78, 5) is 22.0. The van der Waals surface area contributed by atoms with Crippen LogP contribution in [0, 0.1) is 0 Å². The average molecular weight is 204 g/mol. The van der Waals surface area contributed by atoms with Gasteiger partial charge in [0.1, 0.15) is 0 Å². The molecule has 0 spiro atoms. The maximum absolute atomic E-state index is 11.2. The molecule has 6 nitrogen and oxygen atoms in total. The van der Waals surface area contributed by atoms with E-state index in [9.17, 15) is 9.59 Å². The van der Waals surface area contributed by atoms with Crippen LogP contribution in [0.2, 0.25) is 0 Å². The first-order valence-electron chi connectivity index (χ1n) is 4.38. The summed E-state index contributed by atoms with van der Waals surface area (Å²) >= 11 is 0. The molecule has 0 amide bonds. The molecule has 0 bridgehead atoms. The Labute approximate surface area is 82.2 Å². The van der Waals surface area contributed by atoms with Gasteiger partial charge in [-0.2, -0.15) is 0 Å². The molecule has 0 aromatic carbocycles. The minimum absolute atomic E-state index is 0.0162. The fraction of sp³-hybridized carbons (Fsp3) is 0.750. The Morgan fingerprint density at radius 1 is 1.50 bits per heavy atom. The minimum atomic E-state index is -1.96. The van der Waals surface area contributed by atoms with E-state index in [1.807, 2.05) is 0 Å². The van der Waals surface area contributed by atoms with Gasteiger partial charge in [-0.25, -0.2) is 9.59 Å². The summed E-state index contributed by atoms with van der Waals surface area (Å²) in [6.45, 7) is 1.97. The summed E-state index contributed by atoms with van der Waals surface area (Å²) in [7, 11) is 0. The van der Waals surface area contributed by atoms with E-state index in [1.54, 1.807) is 6.92 Å². The van der Waals surface area contributed by atoms with Gasteiger partial charge in [0.05, 0.1) is 6.61 Å². The van der Waals surface area contributed by atoms with Gasteiger partial charge in [-0.05, 0) is 26.3 Å². The van der Waals surface area contributed by atoms with E-state index in [0.717, 1.165) is 0 Å². The van der Waals surface area contributed by atoms with E-state index >= 15 is 0 Å². The van der Waals surface area contributed by atoms with Crippen molar-refractivity contribution in [1.82, 2.24) is 0 Å². The fourth-order valence-corrected chi connectivity index (χ4v) is 0.937. The van der Waals surface area contributed by atoms with E-state index in [2.05, 4.69) is 4.74 Å². The Morgan fingerprint density at radius 3 is 2.43 bits per heavy atom. The van der Waals surface area contributed by atoms with Gasteiger partial charge in [-0.15, -0.1) is 0 Å². The average Bonchev–Trinajstić information content (AvgIpc) is 2.14. The third-order valence-corrected chi connectivity index (χ3v) is 1.80. The van der Waals surface area contributed by atoms with Gasteiger partial charge in [0, 0.05) is 0 Å². The minimum Gasteiger partial charge on any atom is -0.479 e. The quantitative estimate of drug-likeness (QED) is 0.380. The highest BCUT2D eigenvalue weighted by Crippen LogP contribution is 2.12. The number of carbonyl (C=O) groups excluding carboxylic acids is 1. The second-order valence-corrected chi connectivity index (χ2v) is 2.89. The standard InChI is InChI=1S/C8H16N2O4/c1-2-14-7(13)8(10,6(11)12)4-3-5-9/h2-5,9-10H2,1H3,(H,11,12)/t8-/m0/s1. The molecule has 14 heavy (non-hydrogen) atoms. The maximum Gasteiger partial charge on any atom is 0.337 e. The molecule has 1 atom stereocenters. The summed E-state index contributed by atoms with van der Waals surface area (Å²) in [5.74, 6) is -2.30. The number of aliphatic carboxylic acids is 1. The number of hydrogen-bond acceptors (Lipinski definition) is 5. The van der Waals surface area contributed by atoms with Crippen LogP contribution in [0.1, 0.15) is 19.8 Å². The molecule has 0 fully saturated rings. The Balaban J connectivity index is 4.53. The number of hydrogen-bond donors (Lipinski definition) is 3. The summed E-state index contributed by atoms with van der Waals surface area (Å²) in [6.07, 6.45) is 0.347. The van der Waals surface area contributed by atoms with Gasteiger partial charge in [0.15, 0.2) is 0 Å². The molecular weight excluding hydrogens is 188 g/mol. The van der Waals surface area contributed by atoms with Crippen molar-refractivity contribution in [3.8, 4) is 0 Å². The summed E-state index contributed by atoms with van der Waals surface area (Å²) in [6, 6.07) is 0. The van der Waals surface area contributed by atoms with Crippen molar-refractivity contribution in [1.29, 1.82) is 0 Å². The number of carboxylic acids is 1. The lowest BCUT2D eigenvalue weighted by atomic mass is 9.95. The first-order chi connectivity index (χ1) is 6.49. The van der Waals surface area contributed by atoms with Crippen molar-refractivity contribution in [3.05, 3.63) is 0 Å². The highest BCUT2D eigenvalue weighted by Gasteiger charge is 2.43. The molecule has 82 valence electrons. The number of esters is 1. The van der Waals surface area contributed by atoms with Crippen molar-refractivity contribution in [2.24, 2.45) is 11.5 Å². The molecule has 0 aromatic rings. The fourth-order valence-electron chi connectivity index (χ4n) is 0.937.